The van der Waals surface area contributed by atoms with Crippen molar-refractivity contribution in [3.05, 3.63) is 22.5 Å². The van der Waals surface area contributed by atoms with Crippen LogP contribution in [-0.2, 0) is 7.05 Å². The number of aromatic nitrogens is 2. The summed E-state index contributed by atoms with van der Waals surface area (Å²) in [5, 5.41) is 12.6. The van der Waals surface area contributed by atoms with E-state index in [-0.39, 0.29) is 5.69 Å². The summed E-state index contributed by atoms with van der Waals surface area (Å²) in [5.74, 6) is 0. The quantitative estimate of drug-likeness (QED) is 0.322. The first kappa shape index (κ1) is 5.74. The molecule has 5 heteroatoms. The van der Waals surface area contributed by atoms with Crippen LogP contribution in [0.3, 0.4) is 0 Å². The number of hydrogen-bond donors (Lipinski definition) is 1. The second kappa shape index (κ2) is 1.85. The average molecular weight is 128 g/mol. The number of nitrogens with one attached hydrogen (secondary N) is 1. The molecule has 0 amide bonds. The molecule has 0 aliphatic rings. The number of aromatic amines is 1. The van der Waals surface area contributed by atoms with Crippen molar-refractivity contribution in [1.82, 2.24) is 5.10 Å². The molecular formula is C4H6N3O2+. The Morgan fingerprint density at radius 3 is 2.78 bits per heavy atom. The van der Waals surface area contributed by atoms with Gasteiger partial charge in [0.1, 0.15) is 6.20 Å². The number of hydrogen-bond acceptors (Lipinski definition) is 2. The predicted molar refractivity (Wildman–Crippen MR) is 28.6 cm³/mol. The van der Waals surface area contributed by atoms with Gasteiger partial charge in [0.15, 0.2) is 7.05 Å². The van der Waals surface area contributed by atoms with Crippen LogP contribution in [0.15, 0.2) is 12.4 Å². The van der Waals surface area contributed by atoms with Crippen LogP contribution >= 0.6 is 0 Å². The average Bonchev–Trinajstić information content (AvgIpc) is 2.14. The number of H-pyrrole nitrogens is 1. The molecule has 1 rings (SSSR count). The van der Waals surface area contributed by atoms with Gasteiger partial charge in [-0.2, -0.15) is 5.10 Å². The molecule has 0 aromatic carbocycles. The van der Waals surface area contributed by atoms with Gasteiger partial charge in [-0.25, -0.2) is 0 Å². The van der Waals surface area contributed by atoms with Crippen molar-refractivity contribution < 1.29 is 9.61 Å². The Kier molecular flexibility index (Phi) is 1.18. The molecule has 1 aromatic heterocycles. The van der Waals surface area contributed by atoms with E-state index in [0.29, 0.717) is 0 Å². The van der Waals surface area contributed by atoms with E-state index < -0.39 is 4.92 Å². The van der Waals surface area contributed by atoms with Gasteiger partial charge in [-0.05, 0) is 0 Å². The molecule has 1 aromatic rings. The van der Waals surface area contributed by atoms with E-state index in [0.717, 1.165) is 0 Å². The minimum Gasteiger partial charge on any atom is -0.258 e. The van der Waals surface area contributed by atoms with E-state index in [4.69, 9.17) is 0 Å². The summed E-state index contributed by atoms with van der Waals surface area (Å²) in [7, 11) is 1.69. The summed E-state index contributed by atoms with van der Waals surface area (Å²) in [6.45, 7) is 0. The topological polar surface area (TPSA) is 62.8 Å². The first-order chi connectivity index (χ1) is 4.20. The van der Waals surface area contributed by atoms with E-state index in [2.05, 4.69) is 5.10 Å². The molecule has 0 saturated heterocycles. The zero-order chi connectivity index (χ0) is 6.85. The van der Waals surface area contributed by atoms with E-state index >= 15 is 0 Å². The van der Waals surface area contributed by atoms with Gasteiger partial charge in [0.25, 0.3) is 6.20 Å². The smallest absolute Gasteiger partial charge is 0.258 e. The monoisotopic (exact) mass is 128 g/mol. The summed E-state index contributed by atoms with van der Waals surface area (Å²) in [6.07, 6.45) is 2.74. The fourth-order valence-electron chi connectivity index (χ4n) is 0.541. The van der Waals surface area contributed by atoms with Crippen molar-refractivity contribution in [2.75, 3.05) is 0 Å². The molecule has 0 radical (unpaired) electrons. The van der Waals surface area contributed by atoms with Crippen molar-refractivity contribution in [3.8, 4) is 0 Å². The molecular weight excluding hydrogens is 122 g/mol. The lowest BCUT2D eigenvalue weighted by Crippen LogP contribution is -2.27. The van der Waals surface area contributed by atoms with Crippen molar-refractivity contribution in [2.45, 2.75) is 0 Å². The van der Waals surface area contributed by atoms with Gasteiger partial charge in [-0.1, -0.05) is 0 Å². The van der Waals surface area contributed by atoms with Gasteiger partial charge in [0, 0.05) is 0 Å². The Bertz CT molecular complexity index is 229. The molecule has 0 unspecified atom stereocenters. The fraction of sp³-hybridized carbons (Fsp3) is 0.250. The standard InChI is InChI=1S/C4H5N3O2/c1-6-3-4(2-5-6)7(8)9/h2-3H,1H3/p+1. The lowest BCUT2D eigenvalue weighted by Gasteiger charge is -1.74. The molecule has 0 spiro atoms. The van der Waals surface area contributed by atoms with Crippen LogP contribution in [0.4, 0.5) is 5.69 Å². The maximum atomic E-state index is 9.99. The molecule has 1 heterocycles. The SMILES string of the molecule is C[n+]1cc([N+](=O)[O-])c[nH]1. The third kappa shape index (κ3) is 1.04. The second-order valence-electron chi connectivity index (χ2n) is 1.70. The van der Waals surface area contributed by atoms with Crippen LogP contribution in [0.5, 0.6) is 0 Å². The largest absolute Gasteiger partial charge is 0.355 e. The lowest BCUT2D eigenvalue weighted by atomic mass is 10.6. The lowest BCUT2D eigenvalue weighted by molar-refractivity contribution is -0.727. The normalized spacial score (nSPS) is 9.44. The zero-order valence-electron chi connectivity index (χ0n) is 4.87. The number of nitro groups is 1. The molecule has 9 heavy (non-hydrogen) atoms. The fourth-order valence-corrected chi connectivity index (χ4v) is 0.541. The first-order valence-electron chi connectivity index (χ1n) is 2.38. The third-order valence-electron chi connectivity index (χ3n) is 0.953. The van der Waals surface area contributed by atoms with Crippen LogP contribution in [-0.4, -0.2) is 10.0 Å². The Morgan fingerprint density at radius 1 is 1.89 bits per heavy atom. The summed E-state index contributed by atoms with van der Waals surface area (Å²) in [6, 6.07) is 0. The Balaban J connectivity index is 2.98. The molecule has 0 saturated carbocycles. The van der Waals surface area contributed by atoms with Crippen LogP contribution in [0.25, 0.3) is 0 Å². The summed E-state index contributed by atoms with van der Waals surface area (Å²) in [5.41, 5.74) is 0.0810. The zero-order valence-corrected chi connectivity index (χ0v) is 4.87. The van der Waals surface area contributed by atoms with Crippen LogP contribution < -0.4 is 4.68 Å². The molecule has 48 valence electrons. The minimum absolute atomic E-state index is 0.0810. The van der Waals surface area contributed by atoms with Crippen molar-refractivity contribution in [1.29, 1.82) is 0 Å². The predicted octanol–water partition coefficient (Wildman–Crippen LogP) is -0.253. The summed E-state index contributed by atoms with van der Waals surface area (Å²) < 4.78 is 1.51. The van der Waals surface area contributed by atoms with Crippen molar-refractivity contribution in [2.24, 2.45) is 7.05 Å². The van der Waals surface area contributed by atoms with Crippen molar-refractivity contribution >= 4 is 5.69 Å². The molecule has 0 bridgehead atoms. The van der Waals surface area contributed by atoms with Gasteiger partial charge < -0.3 is 0 Å². The van der Waals surface area contributed by atoms with E-state index in [9.17, 15) is 10.1 Å². The van der Waals surface area contributed by atoms with E-state index in [1.54, 1.807) is 7.05 Å². The molecule has 1 N–H and O–H groups in total. The highest BCUT2D eigenvalue weighted by molar-refractivity contribution is 5.16. The highest BCUT2D eigenvalue weighted by Gasteiger charge is 2.10. The number of nitrogens with zero attached hydrogens (tertiary/aromatic N) is 2. The van der Waals surface area contributed by atoms with E-state index in [1.165, 1.54) is 17.1 Å². The summed E-state index contributed by atoms with van der Waals surface area (Å²) in [4.78, 5) is 9.54. The minimum atomic E-state index is -0.448. The van der Waals surface area contributed by atoms with Gasteiger partial charge in [-0.15, -0.1) is 4.68 Å². The molecule has 0 aliphatic carbocycles. The van der Waals surface area contributed by atoms with Gasteiger partial charge in [0.05, 0.1) is 4.92 Å². The van der Waals surface area contributed by atoms with Crippen LogP contribution in [0.2, 0.25) is 0 Å². The highest BCUT2D eigenvalue weighted by Crippen LogP contribution is 2.01. The maximum Gasteiger partial charge on any atom is 0.355 e. The van der Waals surface area contributed by atoms with E-state index in [1.807, 2.05) is 0 Å². The van der Waals surface area contributed by atoms with Gasteiger partial charge in [-0.3, -0.25) is 10.1 Å². The van der Waals surface area contributed by atoms with Crippen molar-refractivity contribution in [3.63, 3.8) is 0 Å². The third-order valence-corrected chi connectivity index (χ3v) is 0.953. The highest BCUT2D eigenvalue weighted by atomic mass is 16.6. The first-order valence-corrected chi connectivity index (χ1v) is 2.38. The molecule has 5 nitrogen and oxygen atoms in total. The number of rotatable bonds is 1. The maximum absolute atomic E-state index is 9.99. The Hall–Kier alpha value is -1.39. The Labute approximate surface area is 51.1 Å². The van der Waals surface area contributed by atoms with Gasteiger partial charge >= 0.3 is 5.69 Å². The van der Waals surface area contributed by atoms with Crippen LogP contribution in [0.1, 0.15) is 0 Å². The molecule has 0 aliphatic heterocycles. The number of aryl methyl sites for hydroxylation is 1. The summed E-state index contributed by atoms with van der Waals surface area (Å²) >= 11 is 0. The second-order valence-corrected chi connectivity index (χ2v) is 1.70. The molecule has 0 fully saturated rings. The van der Waals surface area contributed by atoms with Crippen LogP contribution in [0, 0.1) is 10.1 Å². The van der Waals surface area contributed by atoms with Gasteiger partial charge in [0.2, 0.25) is 0 Å². The molecule has 0 atom stereocenters. The Morgan fingerprint density at radius 2 is 2.56 bits per heavy atom.